The van der Waals surface area contributed by atoms with Gasteiger partial charge in [0.2, 0.25) is 0 Å². The lowest BCUT2D eigenvalue weighted by Crippen LogP contribution is -2.35. The Morgan fingerprint density at radius 2 is 2.14 bits per heavy atom. The first-order chi connectivity index (χ1) is 13.3. The molecule has 4 rings (SSSR count). The Balaban J connectivity index is 1.74. The van der Waals surface area contributed by atoms with Crippen molar-refractivity contribution in [1.82, 2.24) is 4.98 Å². The molecule has 2 N–H and O–H groups in total. The smallest absolute Gasteiger partial charge is 0.120 e. The van der Waals surface area contributed by atoms with Crippen molar-refractivity contribution in [1.29, 1.82) is 0 Å². The third-order valence-electron chi connectivity index (χ3n) is 5.96. The number of aromatic nitrogens is 1. The van der Waals surface area contributed by atoms with Gasteiger partial charge in [-0.05, 0) is 59.8 Å². The van der Waals surface area contributed by atoms with Gasteiger partial charge in [-0.25, -0.2) is 0 Å². The van der Waals surface area contributed by atoms with Crippen LogP contribution in [0.4, 0.5) is 0 Å². The van der Waals surface area contributed by atoms with Gasteiger partial charge in [0.15, 0.2) is 0 Å². The van der Waals surface area contributed by atoms with Crippen molar-refractivity contribution < 1.29 is 9.84 Å². The highest BCUT2D eigenvalue weighted by atomic mass is 16.5. The van der Waals surface area contributed by atoms with E-state index in [2.05, 4.69) is 31.5 Å². The largest absolute Gasteiger partial charge is 0.497 e. The summed E-state index contributed by atoms with van der Waals surface area (Å²) in [6.45, 7) is 11.1. The molecular weight excluding hydrogens is 348 g/mol. The summed E-state index contributed by atoms with van der Waals surface area (Å²) in [7, 11) is 1.68. The summed E-state index contributed by atoms with van der Waals surface area (Å²) < 4.78 is 5.36. The number of allylic oxidation sites excluding steroid dienone is 3. The first-order valence-corrected chi connectivity index (χ1v) is 9.88. The second-order valence-corrected chi connectivity index (χ2v) is 8.18. The van der Waals surface area contributed by atoms with Crippen LogP contribution in [0.15, 0.2) is 58.6 Å². The van der Waals surface area contributed by atoms with Crippen molar-refractivity contribution in [2.24, 2.45) is 10.9 Å². The van der Waals surface area contributed by atoms with Gasteiger partial charge in [0.1, 0.15) is 11.4 Å². The highest BCUT2D eigenvalue weighted by molar-refractivity contribution is 6.07. The number of H-pyrrole nitrogens is 1. The van der Waals surface area contributed by atoms with Gasteiger partial charge >= 0.3 is 0 Å². The lowest BCUT2D eigenvalue weighted by atomic mass is 9.77. The Hall–Kier alpha value is -2.59. The van der Waals surface area contributed by atoms with Crippen molar-refractivity contribution >= 4 is 16.6 Å². The van der Waals surface area contributed by atoms with Crippen molar-refractivity contribution in [3.63, 3.8) is 0 Å². The van der Waals surface area contributed by atoms with Crippen molar-refractivity contribution in [3.05, 3.63) is 64.9 Å². The number of hydrogen-bond donors (Lipinski definition) is 2. The lowest BCUT2D eigenvalue weighted by Gasteiger charge is -2.33. The Bertz CT molecular complexity index is 1050. The van der Waals surface area contributed by atoms with E-state index in [0.717, 1.165) is 52.4 Å². The number of hydrogen-bond acceptors (Lipinski definition) is 3. The van der Waals surface area contributed by atoms with Crippen LogP contribution in [0, 0.1) is 5.92 Å². The van der Waals surface area contributed by atoms with E-state index in [1.165, 1.54) is 10.9 Å². The van der Waals surface area contributed by atoms with Gasteiger partial charge in [-0.2, -0.15) is 0 Å². The van der Waals surface area contributed by atoms with E-state index in [0.29, 0.717) is 12.3 Å². The quantitative estimate of drug-likeness (QED) is 0.810. The average molecular weight is 377 g/mol. The standard InChI is InChI=1S/C24H28N2O2/c1-14(2)20-12-24(27,16(4)10-15(20)3)13-22-23-19(8-9-25-22)18-7-6-17(28-5)11-21(18)26-23/h6-7,10-12,14,26-27H,3,8-9,13H2,1-2,4-5H3. The van der Waals surface area contributed by atoms with Crippen LogP contribution in [-0.2, 0) is 6.42 Å². The number of nitrogens with zero attached hydrogens (tertiary/aromatic N) is 1. The topological polar surface area (TPSA) is 57.6 Å². The molecule has 0 saturated heterocycles. The number of methoxy groups -OCH3 is 1. The minimum Gasteiger partial charge on any atom is -0.497 e. The van der Waals surface area contributed by atoms with Crippen LogP contribution in [-0.4, -0.2) is 35.1 Å². The van der Waals surface area contributed by atoms with Gasteiger partial charge in [0.25, 0.3) is 0 Å². The normalized spacial score (nSPS) is 22.1. The molecule has 4 nitrogen and oxygen atoms in total. The zero-order chi connectivity index (χ0) is 20.1. The number of fused-ring (bicyclic) bond motifs is 3. The monoisotopic (exact) mass is 376 g/mol. The molecule has 2 aromatic rings. The van der Waals surface area contributed by atoms with Crippen LogP contribution in [0.1, 0.15) is 38.4 Å². The summed E-state index contributed by atoms with van der Waals surface area (Å²) in [6, 6.07) is 6.12. The van der Waals surface area contributed by atoms with E-state index in [-0.39, 0.29) is 0 Å². The minimum absolute atomic E-state index is 0.313. The van der Waals surface area contributed by atoms with Crippen LogP contribution in [0.5, 0.6) is 5.75 Å². The molecule has 28 heavy (non-hydrogen) atoms. The molecule has 2 aliphatic rings. The average Bonchev–Trinajstić information content (AvgIpc) is 3.03. The first kappa shape index (κ1) is 18.8. The minimum atomic E-state index is -1.04. The predicted octanol–water partition coefficient (Wildman–Crippen LogP) is 4.74. The molecule has 0 fully saturated rings. The molecule has 1 aromatic carbocycles. The first-order valence-electron chi connectivity index (χ1n) is 9.88. The molecule has 0 spiro atoms. The third kappa shape index (κ3) is 3.02. The summed E-state index contributed by atoms with van der Waals surface area (Å²) >= 11 is 0. The number of ether oxygens (including phenoxy) is 1. The van der Waals surface area contributed by atoms with Crippen LogP contribution < -0.4 is 4.74 Å². The Morgan fingerprint density at radius 3 is 2.86 bits per heavy atom. The van der Waals surface area contributed by atoms with E-state index >= 15 is 0 Å². The van der Waals surface area contributed by atoms with E-state index in [9.17, 15) is 5.11 Å². The molecule has 146 valence electrons. The molecular formula is C24H28N2O2. The van der Waals surface area contributed by atoms with Crippen molar-refractivity contribution in [2.75, 3.05) is 13.7 Å². The summed E-state index contributed by atoms with van der Waals surface area (Å²) in [6.07, 6.45) is 5.35. The SMILES string of the molecule is C=C1C=C(C)C(O)(CC2=NCCc3c2[nH]c2cc(OC)ccc32)C=C1C(C)C. The van der Waals surface area contributed by atoms with Gasteiger partial charge in [-0.3, -0.25) is 4.99 Å². The summed E-state index contributed by atoms with van der Waals surface area (Å²) in [5.41, 5.74) is 6.26. The number of aliphatic imine (C=N–C) groups is 1. The highest BCUT2D eigenvalue weighted by Crippen LogP contribution is 2.38. The zero-order valence-electron chi connectivity index (χ0n) is 17.1. The van der Waals surface area contributed by atoms with Crippen molar-refractivity contribution in [2.45, 2.75) is 39.2 Å². The second-order valence-electron chi connectivity index (χ2n) is 8.18. The fraction of sp³-hybridized carbons (Fsp3) is 0.375. The van der Waals surface area contributed by atoms with E-state index in [4.69, 9.17) is 9.73 Å². The van der Waals surface area contributed by atoms with Crippen LogP contribution >= 0.6 is 0 Å². The van der Waals surface area contributed by atoms with Crippen molar-refractivity contribution in [3.8, 4) is 5.75 Å². The molecule has 4 heteroatoms. The van der Waals surface area contributed by atoms with Crippen LogP contribution in [0.25, 0.3) is 10.9 Å². The Labute approximate surface area is 166 Å². The Kier molecular flexibility index (Phi) is 4.54. The van der Waals surface area contributed by atoms with Gasteiger partial charge in [-0.15, -0.1) is 0 Å². The molecule has 1 atom stereocenters. The molecule has 1 unspecified atom stereocenters. The molecule has 0 amide bonds. The number of rotatable bonds is 4. The molecule has 1 aliphatic heterocycles. The fourth-order valence-electron chi connectivity index (χ4n) is 4.31. The molecule has 1 aromatic heterocycles. The molecule has 0 radical (unpaired) electrons. The van der Waals surface area contributed by atoms with Crippen LogP contribution in [0.2, 0.25) is 0 Å². The number of aromatic amines is 1. The number of aliphatic hydroxyl groups is 1. The molecule has 0 saturated carbocycles. The number of benzene rings is 1. The molecule has 0 bridgehead atoms. The summed E-state index contributed by atoms with van der Waals surface area (Å²) in [5, 5.41) is 12.7. The lowest BCUT2D eigenvalue weighted by molar-refractivity contribution is 0.135. The maximum Gasteiger partial charge on any atom is 0.120 e. The summed E-state index contributed by atoms with van der Waals surface area (Å²) in [4.78, 5) is 8.31. The fourth-order valence-corrected chi connectivity index (χ4v) is 4.31. The van der Waals surface area contributed by atoms with E-state index < -0.39 is 5.60 Å². The highest BCUT2D eigenvalue weighted by Gasteiger charge is 2.35. The van der Waals surface area contributed by atoms with E-state index in [1.807, 2.05) is 31.2 Å². The zero-order valence-corrected chi connectivity index (χ0v) is 17.1. The number of nitrogens with one attached hydrogen (secondary N) is 1. The second kappa shape index (κ2) is 6.78. The van der Waals surface area contributed by atoms with Gasteiger partial charge in [0.05, 0.1) is 18.5 Å². The third-order valence-corrected chi connectivity index (χ3v) is 5.96. The Morgan fingerprint density at radius 1 is 1.36 bits per heavy atom. The van der Waals surface area contributed by atoms with E-state index in [1.54, 1.807) is 7.11 Å². The molecule has 2 heterocycles. The maximum absolute atomic E-state index is 11.5. The van der Waals surface area contributed by atoms with Gasteiger partial charge in [0, 0.05) is 29.9 Å². The maximum atomic E-state index is 11.5. The van der Waals surface area contributed by atoms with Gasteiger partial charge in [-0.1, -0.05) is 26.5 Å². The van der Waals surface area contributed by atoms with Crippen LogP contribution in [0.3, 0.4) is 0 Å². The molecule has 1 aliphatic carbocycles. The van der Waals surface area contributed by atoms with Gasteiger partial charge < -0.3 is 14.8 Å². The summed E-state index contributed by atoms with van der Waals surface area (Å²) in [5.74, 6) is 1.14. The predicted molar refractivity (Wildman–Crippen MR) is 115 cm³/mol.